The number of hydrogen-bond acceptors (Lipinski definition) is 5. The zero-order valence-corrected chi connectivity index (χ0v) is 8.90. The van der Waals surface area contributed by atoms with Crippen molar-refractivity contribution >= 4 is 0 Å². The third-order valence-corrected chi connectivity index (χ3v) is 2.13. The summed E-state index contributed by atoms with van der Waals surface area (Å²) >= 11 is 0. The molecule has 0 aromatic rings. The summed E-state index contributed by atoms with van der Waals surface area (Å²) in [6.07, 6.45) is 0.760. The number of nitrogens with zero attached hydrogens (tertiary/aromatic N) is 1. The molecule has 0 aromatic carbocycles. The van der Waals surface area contributed by atoms with Crippen molar-refractivity contribution in [2.24, 2.45) is 11.6 Å². The first kappa shape index (κ1) is 13.2. The summed E-state index contributed by atoms with van der Waals surface area (Å²) in [6, 6.07) is 0. The molecule has 0 aromatic heterocycles. The van der Waals surface area contributed by atoms with Crippen molar-refractivity contribution in [1.82, 2.24) is 5.01 Å². The third-order valence-electron chi connectivity index (χ3n) is 2.13. The first-order valence-corrected chi connectivity index (χ1v) is 4.85. The van der Waals surface area contributed by atoms with E-state index in [4.69, 9.17) is 16.7 Å². The van der Waals surface area contributed by atoms with Gasteiger partial charge in [-0.1, -0.05) is 13.8 Å². The van der Waals surface area contributed by atoms with E-state index in [1.807, 2.05) is 13.8 Å². The molecule has 0 bridgehead atoms. The van der Waals surface area contributed by atoms with Crippen LogP contribution in [0.15, 0.2) is 11.4 Å². The van der Waals surface area contributed by atoms with Crippen molar-refractivity contribution in [3.05, 3.63) is 11.4 Å². The zero-order valence-electron chi connectivity index (χ0n) is 8.90. The SMILES string of the molecule is CC/C(N)=C(\CO)N(N)CC(O)CC. The van der Waals surface area contributed by atoms with Gasteiger partial charge in [-0.05, 0) is 12.8 Å². The Morgan fingerprint density at radius 3 is 2.36 bits per heavy atom. The molecule has 0 aliphatic heterocycles. The van der Waals surface area contributed by atoms with Crippen molar-refractivity contribution in [3.63, 3.8) is 0 Å². The highest BCUT2D eigenvalue weighted by Gasteiger charge is 2.11. The molecule has 84 valence electrons. The minimum absolute atomic E-state index is 0.202. The molecular weight excluding hydrogens is 182 g/mol. The van der Waals surface area contributed by atoms with Crippen LogP contribution in [0.4, 0.5) is 0 Å². The predicted molar refractivity (Wildman–Crippen MR) is 55.8 cm³/mol. The maximum Gasteiger partial charge on any atom is 0.0861 e. The van der Waals surface area contributed by atoms with E-state index in [-0.39, 0.29) is 13.2 Å². The van der Waals surface area contributed by atoms with Crippen LogP contribution < -0.4 is 11.6 Å². The Bertz CT molecular complexity index is 194. The summed E-state index contributed by atoms with van der Waals surface area (Å²) in [6.45, 7) is 3.83. The molecule has 5 nitrogen and oxygen atoms in total. The molecule has 0 radical (unpaired) electrons. The Morgan fingerprint density at radius 2 is 2.00 bits per heavy atom. The summed E-state index contributed by atoms with van der Waals surface area (Å²) in [5.41, 5.74) is 6.70. The molecule has 0 amide bonds. The van der Waals surface area contributed by atoms with Gasteiger partial charge in [0.25, 0.3) is 0 Å². The second kappa shape index (κ2) is 6.64. The van der Waals surface area contributed by atoms with E-state index in [1.54, 1.807) is 0 Å². The van der Waals surface area contributed by atoms with Crippen LogP contribution in [-0.4, -0.2) is 34.5 Å². The molecule has 0 spiro atoms. The van der Waals surface area contributed by atoms with E-state index < -0.39 is 6.10 Å². The first-order valence-electron chi connectivity index (χ1n) is 4.85. The van der Waals surface area contributed by atoms with Crippen LogP contribution in [0.25, 0.3) is 0 Å². The maximum atomic E-state index is 9.36. The highest BCUT2D eigenvalue weighted by Crippen LogP contribution is 2.06. The van der Waals surface area contributed by atoms with E-state index in [9.17, 15) is 5.11 Å². The van der Waals surface area contributed by atoms with Gasteiger partial charge in [-0.25, -0.2) is 5.84 Å². The Morgan fingerprint density at radius 1 is 1.43 bits per heavy atom. The molecule has 1 unspecified atom stereocenters. The smallest absolute Gasteiger partial charge is 0.0861 e. The van der Waals surface area contributed by atoms with Crippen LogP contribution in [-0.2, 0) is 0 Å². The van der Waals surface area contributed by atoms with Gasteiger partial charge >= 0.3 is 0 Å². The molecule has 0 aliphatic carbocycles. The average Bonchev–Trinajstić information content (AvgIpc) is 2.18. The van der Waals surface area contributed by atoms with Gasteiger partial charge in [0.1, 0.15) is 0 Å². The average molecular weight is 203 g/mol. The molecular formula is C9H21N3O2. The number of rotatable bonds is 6. The van der Waals surface area contributed by atoms with Crippen molar-refractivity contribution in [3.8, 4) is 0 Å². The minimum Gasteiger partial charge on any atom is -0.401 e. The summed E-state index contributed by atoms with van der Waals surface area (Å²) in [5, 5.41) is 19.7. The number of aliphatic hydroxyl groups excluding tert-OH is 2. The molecule has 0 heterocycles. The Kier molecular flexibility index (Phi) is 6.27. The molecule has 0 rings (SSSR count). The summed E-state index contributed by atoms with van der Waals surface area (Å²) in [7, 11) is 0. The number of hydrogen-bond donors (Lipinski definition) is 4. The van der Waals surface area contributed by atoms with Gasteiger partial charge in [-0.15, -0.1) is 0 Å². The number of hydrazine groups is 1. The highest BCUT2D eigenvalue weighted by molar-refractivity contribution is 5.09. The van der Waals surface area contributed by atoms with Crippen LogP contribution in [0, 0.1) is 0 Å². The van der Waals surface area contributed by atoms with Gasteiger partial charge in [-0.3, -0.25) is 0 Å². The predicted octanol–water partition coefficient (Wildman–Crippen LogP) is -0.494. The molecule has 14 heavy (non-hydrogen) atoms. The molecule has 6 N–H and O–H groups in total. The standard InChI is InChI=1S/C9H21N3O2/c1-3-7(14)5-12(11)9(6-13)8(10)4-2/h7,13-14H,3-6,10-11H2,1-2H3/b9-8-. The van der Waals surface area contributed by atoms with Gasteiger partial charge in [0.2, 0.25) is 0 Å². The van der Waals surface area contributed by atoms with Crippen molar-refractivity contribution in [2.75, 3.05) is 13.2 Å². The first-order chi connectivity index (χ1) is 6.56. The lowest BCUT2D eigenvalue weighted by molar-refractivity contribution is 0.117. The van der Waals surface area contributed by atoms with Gasteiger partial charge in [0.05, 0.1) is 25.0 Å². The molecule has 1 atom stereocenters. The fourth-order valence-electron chi connectivity index (χ4n) is 1.05. The Balaban J connectivity index is 4.39. The number of aliphatic hydroxyl groups is 2. The van der Waals surface area contributed by atoms with Crippen molar-refractivity contribution < 1.29 is 10.2 Å². The lowest BCUT2D eigenvalue weighted by Gasteiger charge is -2.24. The van der Waals surface area contributed by atoms with Crippen LogP contribution in [0.3, 0.4) is 0 Å². The van der Waals surface area contributed by atoms with E-state index in [0.29, 0.717) is 24.2 Å². The lowest BCUT2D eigenvalue weighted by Crippen LogP contribution is -2.39. The van der Waals surface area contributed by atoms with E-state index in [2.05, 4.69) is 0 Å². The summed E-state index contributed by atoms with van der Waals surface area (Å²) in [5.74, 6) is 5.66. The second-order valence-electron chi connectivity index (χ2n) is 3.20. The fourth-order valence-corrected chi connectivity index (χ4v) is 1.05. The molecule has 0 saturated carbocycles. The summed E-state index contributed by atoms with van der Waals surface area (Å²) in [4.78, 5) is 0. The normalized spacial score (nSPS) is 14.9. The van der Waals surface area contributed by atoms with Crippen LogP contribution in [0.5, 0.6) is 0 Å². The fraction of sp³-hybridized carbons (Fsp3) is 0.778. The zero-order chi connectivity index (χ0) is 11.1. The summed E-state index contributed by atoms with van der Waals surface area (Å²) < 4.78 is 0. The van der Waals surface area contributed by atoms with Crippen LogP contribution in [0.2, 0.25) is 0 Å². The van der Waals surface area contributed by atoms with E-state index >= 15 is 0 Å². The molecule has 0 fully saturated rings. The number of allylic oxidation sites excluding steroid dienone is 1. The monoisotopic (exact) mass is 203 g/mol. The van der Waals surface area contributed by atoms with Gasteiger partial charge < -0.3 is 21.0 Å². The van der Waals surface area contributed by atoms with Gasteiger partial charge in [0, 0.05) is 5.70 Å². The van der Waals surface area contributed by atoms with Crippen LogP contribution >= 0.6 is 0 Å². The second-order valence-corrected chi connectivity index (χ2v) is 3.20. The molecule has 5 heteroatoms. The third kappa shape index (κ3) is 3.95. The van der Waals surface area contributed by atoms with E-state index in [1.165, 1.54) is 5.01 Å². The maximum absolute atomic E-state index is 9.36. The quantitative estimate of drug-likeness (QED) is 0.345. The largest absolute Gasteiger partial charge is 0.401 e. The Hall–Kier alpha value is -0.780. The van der Waals surface area contributed by atoms with Crippen molar-refractivity contribution in [2.45, 2.75) is 32.8 Å². The van der Waals surface area contributed by atoms with Crippen molar-refractivity contribution in [1.29, 1.82) is 0 Å². The lowest BCUT2D eigenvalue weighted by atomic mass is 10.2. The van der Waals surface area contributed by atoms with Crippen LogP contribution in [0.1, 0.15) is 26.7 Å². The highest BCUT2D eigenvalue weighted by atomic mass is 16.3. The topological polar surface area (TPSA) is 95.7 Å². The Labute approximate surface area is 85.0 Å². The van der Waals surface area contributed by atoms with Gasteiger partial charge in [-0.2, -0.15) is 0 Å². The molecule has 0 saturated heterocycles. The molecule has 0 aliphatic rings. The van der Waals surface area contributed by atoms with Gasteiger partial charge in [0.15, 0.2) is 0 Å². The van der Waals surface area contributed by atoms with E-state index in [0.717, 1.165) is 0 Å². The number of nitrogens with two attached hydrogens (primary N) is 2. The minimum atomic E-state index is -0.494.